The first-order valence-corrected chi connectivity index (χ1v) is 8.49. The lowest BCUT2D eigenvalue weighted by Gasteiger charge is -2.15. The van der Waals surface area contributed by atoms with Crippen LogP contribution in [0.15, 0.2) is 18.2 Å². The number of methoxy groups -OCH3 is 1. The van der Waals surface area contributed by atoms with E-state index in [1.807, 2.05) is 6.92 Å². The molecule has 0 heterocycles. The number of carbonyl (C=O) groups excluding carboxylic acids is 1. The van der Waals surface area contributed by atoms with E-state index >= 15 is 0 Å². The van der Waals surface area contributed by atoms with Crippen molar-refractivity contribution in [3.8, 4) is 5.75 Å². The predicted octanol–water partition coefficient (Wildman–Crippen LogP) is 1.82. The van der Waals surface area contributed by atoms with Crippen molar-refractivity contribution in [1.82, 2.24) is 0 Å². The summed E-state index contributed by atoms with van der Waals surface area (Å²) in [7, 11) is -1.99. The van der Waals surface area contributed by atoms with E-state index in [0.29, 0.717) is 23.5 Å². The molecule has 0 aliphatic heterocycles. The monoisotopic (exact) mass is 314 g/mol. The van der Waals surface area contributed by atoms with Crippen LogP contribution in [0.1, 0.15) is 26.7 Å². The molecule has 0 fully saturated rings. The number of hydrogen-bond acceptors (Lipinski definition) is 5. The summed E-state index contributed by atoms with van der Waals surface area (Å²) >= 11 is 0. The quantitative estimate of drug-likeness (QED) is 0.748. The molecule has 1 amide bonds. The molecule has 1 aromatic carbocycles. The summed E-state index contributed by atoms with van der Waals surface area (Å²) in [6.45, 7) is 3.29. The first kappa shape index (κ1) is 17.3. The molecule has 0 aromatic heterocycles. The van der Waals surface area contributed by atoms with Gasteiger partial charge >= 0.3 is 0 Å². The fraction of sp³-hybridized carbons (Fsp3) is 0.500. The van der Waals surface area contributed by atoms with Gasteiger partial charge in [-0.3, -0.25) is 4.79 Å². The van der Waals surface area contributed by atoms with Crippen LogP contribution in [0.4, 0.5) is 11.4 Å². The average molecular weight is 314 g/mol. The molecular formula is C14H22N2O4S. The first-order valence-electron chi connectivity index (χ1n) is 6.77. The Morgan fingerprint density at radius 1 is 1.43 bits per heavy atom. The lowest BCUT2D eigenvalue weighted by atomic mass is 10.2. The summed E-state index contributed by atoms with van der Waals surface area (Å²) in [5, 5.41) is 1.45. The lowest BCUT2D eigenvalue weighted by Crippen LogP contribution is -2.34. The second-order valence-corrected chi connectivity index (χ2v) is 7.25. The van der Waals surface area contributed by atoms with Crippen LogP contribution in [-0.2, 0) is 14.6 Å². The Hall–Kier alpha value is -1.76. The van der Waals surface area contributed by atoms with Crippen molar-refractivity contribution < 1.29 is 17.9 Å². The van der Waals surface area contributed by atoms with Gasteiger partial charge in [-0.2, -0.15) is 0 Å². The van der Waals surface area contributed by atoms with Gasteiger partial charge in [-0.05, 0) is 31.5 Å². The number of ether oxygens (including phenoxy) is 1. The summed E-state index contributed by atoms with van der Waals surface area (Å²) in [5.74, 6) is -0.155. The number of sulfone groups is 1. The second-order valence-electron chi connectivity index (χ2n) is 4.81. The van der Waals surface area contributed by atoms with Crippen molar-refractivity contribution in [3.05, 3.63) is 18.2 Å². The molecule has 3 N–H and O–H groups in total. The molecule has 0 saturated heterocycles. The van der Waals surface area contributed by atoms with E-state index in [1.54, 1.807) is 12.1 Å². The molecule has 7 heteroatoms. The molecule has 1 unspecified atom stereocenters. The number of rotatable bonds is 7. The molecule has 1 atom stereocenters. The largest absolute Gasteiger partial charge is 0.495 e. The number of carbonyl (C=O) groups is 1. The topological polar surface area (TPSA) is 98.5 Å². The highest BCUT2D eigenvalue weighted by atomic mass is 32.2. The zero-order valence-electron chi connectivity index (χ0n) is 12.5. The Morgan fingerprint density at radius 3 is 2.67 bits per heavy atom. The maximum Gasteiger partial charge on any atom is 0.242 e. The van der Waals surface area contributed by atoms with Crippen LogP contribution in [0, 0.1) is 0 Å². The highest BCUT2D eigenvalue weighted by Crippen LogP contribution is 2.27. The van der Waals surface area contributed by atoms with Crippen molar-refractivity contribution in [3.63, 3.8) is 0 Å². The lowest BCUT2D eigenvalue weighted by molar-refractivity contribution is -0.115. The van der Waals surface area contributed by atoms with Gasteiger partial charge in [0, 0.05) is 5.69 Å². The zero-order chi connectivity index (χ0) is 16.0. The van der Waals surface area contributed by atoms with Crippen molar-refractivity contribution in [2.75, 3.05) is 23.9 Å². The van der Waals surface area contributed by atoms with Gasteiger partial charge in [-0.15, -0.1) is 0 Å². The summed E-state index contributed by atoms with van der Waals surface area (Å²) in [6.07, 6.45) is 1.30. The fourth-order valence-electron chi connectivity index (χ4n) is 1.74. The van der Waals surface area contributed by atoms with Crippen LogP contribution in [0.5, 0.6) is 5.75 Å². The highest BCUT2D eigenvalue weighted by molar-refractivity contribution is 7.92. The number of unbranched alkanes of at least 4 members (excludes halogenated alkanes) is 1. The van der Waals surface area contributed by atoms with E-state index < -0.39 is 21.0 Å². The third kappa shape index (κ3) is 4.63. The van der Waals surface area contributed by atoms with Crippen molar-refractivity contribution in [2.24, 2.45) is 0 Å². The van der Waals surface area contributed by atoms with Gasteiger partial charge in [0.05, 0.1) is 18.6 Å². The molecule has 0 aliphatic rings. The van der Waals surface area contributed by atoms with E-state index in [4.69, 9.17) is 10.5 Å². The molecule has 1 rings (SSSR count). The van der Waals surface area contributed by atoms with Gasteiger partial charge in [0.25, 0.3) is 0 Å². The summed E-state index contributed by atoms with van der Waals surface area (Å²) in [4.78, 5) is 12.1. The number of hydrogen-bond donors (Lipinski definition) is 2. The van der Waals surface area contributed by atoms with E-state index in [2.05, 4.69) is 5.32 Å². The van der Waals surface area contributed by atoms with Gasteiger partial charge in [0.2, 0.25) is 5.91 Å². The Bertz CT molecular complexity index is 599. The Labute approximate surface area is 125 Å². The minimum Gasteiger partial charge on any atom is -0.495 e. The standard InChI is InChI=1S/C14H22N2O4S/c1-4-5-8-21(18,19)10(2)14(17)16-12-9-11(15)6-7-13(12)20-3/h6-7,9-10H,4-5,8,15H2,1-3H3,(H,16,17). The molecule has 1 aromatic rings. The second kappa shape index (κ2) is 7.31. The molecular weight excluding hydrogens is 292 g/mol. The number of nitrogen functional groups attached to an aromatic ring is 1. The van der Waals surface area contributed by atoms with Gasteiger partial charge in [-0.25, -0.2) is 8.42 Å². The minimum absolute atomic E-state index is 0.00610. The molecule has 118 valence electrons. The van der Waals surface area contributed by atoms with Crippen molar-refractivity contribution >= 4 is 27.1 Å². The minimum atomic E-state index is -3.46. The summed E-state index contributed by atoms with van der Waals surface area (Å²) in [5.41, 5.74) is 6.47. The predicted molar refractivity (Wildman–Crippen MR) is 84.2 cm³/mol. The van der Waals surface area contributed by atoms with E-state index in [1.165, 1.54) is 20.1 Å². The number of anilines is 2. The summed E-state index contributed by atoms with van der Waals surface area (Å²) in [6, 6.07) is 4.78. The third-order valence-corrected chi connectivity index (χ3v) is 5.32. The highest BCUT2D eigenvalue weighted by Gasteiger charge is 2.27. The number of nitrogens with two attached hydrogens (primary N) is 1. The maximum atomic E-state index is 12.1. The molecule has 0 aliphatic carbocycles. The Balaban J connectivity index is 2.88. The molecule has 0 saturated carbocycles. The van der Waals surface area contributed by atoms with E-state index in [9.17, 15) is 13.2 Å². The first-order chi connectivity index (χ1) is 9.81. The SMILES string of the molecule is CCCCS(=O)(=O)C(C)C(=O)Nc1cc(N)ccc1OC. The van der Waals surface area contributed by atoms with Gasteiger partial charge in [-0.1, -0.05) is 13.3 Å². The van der Waals surface area contributed by atoms with Crippen LogP contribution >= 0.6 is 0 Å². The fourth-order valence-corrected chi connectivity index (χ4v) is 3.17. The van der Waals surface area contributed by atoms with E-state index in [-0.39, 0.29) is 5.75 Å². The number of benzene rings is 1. The van der Waals surface area contributed by atoms with Crippen LogP contribution in [0.2, 0.25) is 0 Å². The van der Waals surface area contributed by atoms with Crippen LogP contribution < -0.4 is 15.8 Å². The van der Waals surface area contributed by atoms with Gasteiger partial charge < -0.3 is 15.8 Å². The Kier molecular flexibility index (Phi) is 6.02. The Morgan fingerprint density at radius 2 is 2.10 bits per heavy atom. The zero-order valence-corrected chi connectivity index (χ0v) is 13.4. The number of amides is 1. The van der Waals surface area contributed by atoms with Crippen LogP contribution in [0.25, 0.3) is 0 Å². The maximum absolute atomic E-state index is 12.1. The third-order valence-electron chi connectivity index (χ3n) is 3.17. The van der Waals surface area contributed by atoms with Crippen LogP contribution in [-0.4, -0.2) is 32.4 Å². The average Bonchev–Trinajstić information content (AvgIpc) is 2.44. The van der Waals surface area contributed by atoms with Crippen molar-refractivity contribution in [1.29, 1.82) is 0 Å². The number of nitrogens with one attached hydrogen (secondary N) is 1. The van der Waals surface area contributed by atoms with Crippen LogP contribution in [0.3, 0.4) is 0 Å². The molecule has 0 spiro atoms. The van der Waals surface area contributed by atoms with Gasteiger partial charge in [0.15, 0.2) is 9.84 Å². The van der Waals surface area contributed by atoms with Gasteiger partial charge in [0.1, 0.15) is 11.0 Å². The molecule has 0 radical (unpaired) electrons. The smallest absolute Gasteiger partial charge is 0.242 e. The van der Waals surface area contributed by atoms with E-state index in [0.717, 1.165) is 6.42 Å². The van der Waals surface area contributed by atoms with Crippen molar-refractivity contribution in [2.45, 2.75) is 31.9 Å². The molecule has 6 nitrogen and oxygen atoms in total. The molecule has 0 bridgehead atoms. The normalized spacial score (nSPS) is 12.7. The molecule has 21 heavy (non-hydrogen) atoms. The summed E-state index contributed by atoms with van der Waals surface area (Å²) < 4.78 is 29.2.